The summed E-state index contributed by atoms with van der Waals surface area (Å²) in [5, 5.41) is 8.65. The summed E-state index contributed by atoms with van der Waals surface area (Å²) < 4.78 is 5.02. The van der Waals surface area contributed by atoms with Gasteiger partial charge in [-0.1, -0.05) is 6.08 Å². The van der Waals surface area contributed by atoms with Crippen molar-refractivity contribution in [2.75, 3.05) is 0 Å². The van der Waals surface area contributed by atoms with Crippen molar-refractivity contribution in [3.8, 4) is 5.75 Å². The van der Waals surface area contributed by atoms with Crippen LogP contribution in [0.3, 0.4) is 0 Å². The summed E-state index contributed by atoms with van der Waals surface area (Å²) in [6.45, 7) is 0. The van der Waals surface area contributed by atoms with Crippen LogP contribution in [-0.2, 0) is 0 Å². The third-order valence-corrected chi connectivity index (χ3v) is 2.60. The smallest absolute Gasteiger partial charge is 0.536 e. The zero-order valence-corrected chi connectivity index (χ0v) is 8.52. The van der Waals surface area contributed by atoms with E-state index in [4.69, 9.17) is 9.68 Å². The van der Waals surface area contributed by atoms with Crippen LogP contribution in [0.4, 0.5) is 0 Å². The summed E-state index contributed by atoms with van der Waals surface area (Å²) in [4.78, 5) is 3.98. The molecule has 0 unspecified atom stereocenters. The lowest BCUT2D eigenvalue weighted by molar-refractivity contribution is 0.451. The molecule has 1 radical (unpaired) electrons. The molecule has 1 heterocycles. The molecule has 0 saturated heterocycles. The molecular formula is C11H13BNO2. The van der Waals surface area contributed by atoms with Crippen molar-refractivity contribution in [2.24, 2.45) is 0 Å². The Morgan fingerprint density at radius 1 is 1.40 bits per heavy atom. The number of pyridine rings is 1. The number of hydrogen-bond donors (Lipinski definition) is 1. The molecule has 1 aliphatic carbocycles. The Balaban J connectivity index is 2.29. The van der Waals surface area contributed by atoms with Crippen molar-refractivity contribution in [3.63, 3.8) is 0 Å². The molecule has 0 fully saturated rings. The highest BCUT2D eigenvalue weighted by molar-refractivity contribution is 6.17. The normalized spacial score (nSPS) is 15.7. The SMILES string of the molecule is O[B]Oc1cnccc1C1=CCCCC1. The van der Waals surface area contributed by atoms with Gasteiger partial charge in [-0.25, -0.2) is 0 Å². The van der Waals surface area contributed by atoms with Crippen molar-refractivity contribution in [3.05, 3.63) is 30.1 Å². The summed E-state index contributed by atoms with van der Waals surface area (Å²) in [6, 6.07) is 1.93. The maximum atomic E-state index is 8.65. The monoisotopic (exact) mass is 202 g/mol. The summed E-state index contributed by atoms with van der Waals surface area (Å²) in [7, 11) is 0.698. The molecule has 0 aromatic carbocycles. The highest BCUT2D eigenvalue weighted by Gasteiger charge is 2.11. The first-order valence-corrected chi connectivity index (χ1v) is 5.18. The van der Waals surface area contributed by atoms with E-state index in [0.717, 1.165) is 18.4 Å². The van der Waals surface area contributed by atoms with Crippen LogP contribution in [0.1, 0.15) is 31.2 Å². The Labute approximate surface area is 90.1 Å². The van der Waals surface area contributed by atoms with E-state index < -0.39 is 0 Å². The predicted octanol–water partition coefficient (Wildman–Crippen LogP) is 1.94. The molecule has 1 aromatic heterocycles. The second-order valence-corrected chi connectivity index (χ2v) is 3.57. The number of nitrogens with zero attached hydrogens (tertiary/aromatic N) is 1. The van der Waals surface area contributed by atoms with Crippen LogP contribution in [0.25, 0.3) is 5.57 Å². The summed E-state index contributed by atoms with van der Waals surface area (Å²) in [6.07, 6.45) is 10.3. The van der Waals surface area contributed by atoms with Gasteiger partial charge in [-0.2, -0.15) is 0 Å². The van der Waals surface area contributed by atoms with E-state index >= 15 is 0 Å². The highest BCUT2D eigenvalue weighted by atomic mass is 16.5. The molecule has 2 rings (SSSR count). The van der Waals surface area contributed by atoms with Crippen molar-refractivity contribution >= 4 is 13.3 Å². The van der Waals surface area contributed by atoms with Crippen molar-refractivity contribution in [2.45, 2.75) is 25.7 Å². The number of allylic oxidation sites excluding steroid dienone is 2. The average Bonchev–Trinajstić information content (AvgIpc) is 2.31. The van der Waals surface area contributed by atoms with E-state index in [-0.39, 0.29) is 0 Å². The zero-order valence-electron chi connectivity index (χ0n) is 8.52. The summed E-state index contributed by atoms with van der Waals surface area (Å²) >= 11 is 0. The minimum Gasteiger partial charge on any atom is -0.536 e. The lowest BCUT2D eigenvalue weighted by atomic mass is 9.94. The van der Waals surface area contributed by atoms with Gasteiger partial charge in [-0.3, -0.25) is 4.98 Å². The standard InChI is InChI=1S/C11H13BNO2/c14-12-15-11-8-13-7-6-10(11)9-4-2-1-3-5-9/h4,6-8,14H,1-3,5H2. The van der Waals surface area contributed by atoms with E-state index in [9.17, 15) is 0 Å². The fourth-order valence-corrected chi connectivity index (χ4v) is 1.88. The van der Waals surface area contributed by atoms with Gasteiger partial charge in [0, 0.05) is 11.8 Å². The van der Waals surface area contributed by atoms with Crippen LogP contribution < -0.4 is 4.65 Å². The van der Waals surface area contributed by atoms with Crippen molar-refractivity contribution in [1.82, 2.24) is 4.98 Å². The van der Waals surface area contributed by atoms with Gasteiger partial charge < -0.3 is 9.68 Å². The Kier molecular flexibility index (Phi) is 3.40. The first kappa shape index (κ1) is 10.2. The first-order valence-electron chi connectivity index (χ1n) is 5.18. The van der Waals surface area contributed by atoms with E-state index in [0.29, 0.717) is 13.4 Å². The third kappa shape index (κ3) is 2.39. The number of aromatic nitrogens is 1. The summed E-state index contributed by atoms with van der Waals surface area (Å²) in [5.41, 5.74) is 2.33. The molecular weight excluding hydrogens is 189 g/mol. The zero-order chi connectivity index (χ0) is 10.5. The van der Waals surface area contributed by atoms with Gasteiger partial charge in [0.05, 0.1) is 6.20 Å². The Bertz CT molecular complexity index is 365. The summed E-state index contributed by atoms with van der Waals surface area (Å²) in [5.74, 6) is 0.619. The molecule has 1 N–H and O–H groups in total. The maximum Gasteiger partial charge on any atom is 0.569 e. The fourth-order valence-electron chi connectivity index (χ4n) is 1.88. The number of rotatable bonds is 3. The highest BCUT2D eigenvalue weighted by Crippen LogP contribution is 2.31. The Morgan fingerprint density at radius 3 is 3.07 bits per heavy atom. The van der Waals surface area contributed by atoms with Gasteiger partial charge in [0.25, 0.3) is 0 Å². The van der Waals surface area contributed by atoms with Crippen LogP contribution in [0.5, 0.6) is 5.75 Å². The van der Waals surface area contributed by atoms with Gasteiger partial charge in [-0.05, 0) is 37.3 Å². The minimum atomic E-state index is 0.619. The van der Waals surface area contributed by atoms with Crippen LogP contribution in [-0.4, -0.2) is 17.7 Å². The van der Waals surface area contributed by atoms with E-state index in [1.54, 1.807) is 12.4 Å². The first-order chi connectivity index (χ1) is 7.42. The minimum absolute atomic E-state index is 0.619. The molecule has 0 atom stereocenters. The van der Waals surface area contributed by atoms with Gasteiger partial charge in [0.15, 0.2) is 0 Å². The molecule has 0 aliphatic heterocycles. The Morgan fingerprint density at radius 2 is 2.33 bits per heavy atom. The van der Waals surface area contributed by atoms with E-state index in [2.05, 4.69) is 11.1 Å². The van der Waals surface area contributed by atoms with Gasteiger partial charge >= 0.3 is 7.69 Å². The molecule has 0 spiro atoms. The maximum absolute atomic E-state index is 8.65. The lowest BCUT2D eigenvalue weighted by Gasteiger charge is -2.15. The largest absolute Gasteiger partial charge is 0.569 e. The van der Waals surface area contributed by atoms with E-state index in [1.807, 2.05) is 6.07 Å². The topological polar surface area (TPSA) is 42.4 Å². The molecule has 3 nitrogen and oxygen atoms in total. The molecule has 4 heteroatoms. The van der Waals surface area contributed by atoms with Crippen LogP contribution in [0.15, 0.2) is 24.5 Å². The lowest BCUT2D eigenvalue weighted by Crippen LogP contribution is -2.03. The predicted molar refractivity (Wildman–Crippen MR) is 59.3 cm³/mol. The Hall–Kier alpha value is -1.29. The van der Waals surface area contributed by atoms with Gasteiger partial charge in [0.2, 0.25) is 0 Å². The average molecular weight is 202 g/mol. The van der Waals surface area contributed by atoms with Gasteiger partial charge in [0.1, 0.15) is 5.75 Å². The molecule has 77 valence electrons. The van der Waals surface area contributed by atoms with Gasteiger partial charge in [-0.15, -0.1) is 0 Å². The quantitative estimate of drug-likeness (QED) is 0.761. The molecule has 1 aromatic rings. The molecule has 0 saturated carbocycles. The van der Waals surface area contributed by atoms with Crippen LogP contribution in [0.2, 0.25) is 0 Å². The molecule has 1 aliphatic rings. The third-order valence-electron chi connectivity index (χ3n) is 2.60. The number of hydrogen-bond acceptors (Lipinski definition) is 3. The fraction of sp³-hybridized carbons (Fsp3) is 0.364. The van der Waals surface area contributed by atoms with Crippen molar-refractivity contribution < 1.29 is 9.68 Å². The second-order valence-electron chi connectivity index (χ2n) is 3.57. The second kappa shape index (κ2) is 4.98. The molecule has 0 amide bonds. The van der Waals surface area contributed by atoms with Crippen molar-refractivity contribution in [1.29, 1.82) is 0 Å². The van der Waals surface area contributed by atoms with E-state index in [1.165, 1.54) is 18.4 Å². The molecule has 15 heavy (non-hydrogen) atoms. The molecule has 0 bridgehead atoms. The van der Waals surface area contributed by atoms with Crippen LogP contribution >= 0.6 is 0 Å². The van der Waals surface area contributed by atoms with Crippen LogP contribution in [0, 0.1) is 0 Å².